The summed E-state index contributed by atoms with van der Waals surface area (Å²) in [6.45, 7) is 2.06. The van der Waals surface area contributed by atoms with Gasteiger partial charge in [-0.15, -0.1) is 11.3 Å². The van der Waals surface area contributed by atoms with E-state index in [1.807, 2.05) is 6.07 Å². The van der Waals surface area contributed by atoms with Crippen molar-refractivity contribution in [3.8, 4) is 0 Å². The fraction of sp³-hybridized carbons (Fsp3) is 0.0769. The molecule has 3 rings (SSSR count). The first kappa shape index (κ1) is 8.86. The van der Waals surface area contributed by atoms with Crippen molar-refractivity contribution in [1.82, 2.24) is 0 Å². The highest BCUT2D eigenvalue weighted by Crippen LogP contribution is 2.35. The smallest absolute Gasteiger partial charge is 0.141 e. The molecule has 0 unspecified atom stereocenters. The van der Waals surface area contributed by atoms with Crippen molar-refractivity contribution in [1.29, 1.82) is 0 Å². The number of rotatable bonds is 0. The molecule has 0 N–H and O–H groups in total. The Morgan fingerprint density at radius 1 is 1.07 bits per heavy atom. The third-order valence-electron chi connectivity index (χ3n) is 2.60. The van der Waals surface area contributed by atoms with E-state index in [1.165, 1.54) is 23.0 Å². The van der Waals surface area contributed by atoms with Crippen LogP contribution in [0.4, 0.5) is 4.39 Å². The van der Waals surface area contributed by atoms with Gasteiger partial charge < -0.3 is 0 Å². The van der Waals surface area contributed by atoms with Gasteiger partial charge in [0.2, 0.25) is 0 Å². The molecule has 1 aromatic heterocycles. The molecule has 0 aliphatic rings. The van der Waals surface area contributed by atoms with Crippen LogP contribution in [0.15, 0.2) is 36.4 Å². The highest BCUT2D eigenvalue weighted by atomic mass is 32.1. The van der Waals surface area contributed by atoms with Crippen LogP contribution in [0, 0.1) is 12.7 Å². The van der Waals surface area contributed by atoms with Gasteiger partial charge in [-0.05, 0) is 25.1 Å². The van der Waals surface area contributed by atoms with Gasteiger partial charge in [-0.1, -0.05) is 23.8 Å². The van der Waals surface area contributed by atoms with Crippen LogP contribution in [0.3, 0.4) is 0 Å². The van der Waals surface area contributed by atoms with E-state index in [2.05, 4.69) is 25.1 Å². The lowest BCUT2D eigenvalue weighted by molar-refractivity contribution is 0.642. The molecule has 1 heterocycles. The summed E-state index contributed by atoms with van der Waals surface area (Å²) in [6, 6.07) is 11.5. The topological polar surface area (TPSA) is 0 Å². The third-order valence-corrected chi connectivity index (χ3v) is 3.80. The lowest BCUT2D eigenvalue weighted by Gasteiger charge is -1.93. The van der Waals surface area contributed by atoms with Crippen LogP contribution in [0.1, 0.15) is 5.56 Å². The van der Waals surface area contributed by atoms with Crippen LogP contribution in [0.25, 0.3) is 20.2 Å². The maximum Gasteiger partial charge on any atom is 0.141 e. The van der Waals surface area contributed by atoms with Crippen LogP contribution >= 0.6 is 11.3 Å². The summed E-state index contributed by atoms with van der Waals surface area (Å²) >= 11 is 1.52. The largest absolute Gasteiger partial charge is 0.205 e. The second-order valence-electron chi connectivity index (χ2n) is 3.72. The Labute approximate surface area is 91.0 Å². The predicted octanol–water partition coefficient (Wildman–Crippen LogP) is 4.50. The summed E-state index contributed by atoms with van der Waals surface area (Å²) in [5.41, 5.74) is 1.21. The molecule has 0 amide bonds. The number of hydrogen-bond acceptors (Lipinski definition) is 1. The van der Waals surface area contributed by atoms with E-state index in [0.29, 0.717) is 0 Å². The lowest BCUT2D eigenvalue weighted by Crippen LogP contribution is -1.72. The predicted molar refractivity (Wildman–Crippen MR) is 64.0 cm³/mol. The van der Waals surface area contributed by atoms with E-state index in [9.17, 15) is 4.39 Å². The summed E-state index contributed by atoms with van der Waals surface area (Å²) in [5.74, 6) is -0.119. The van der Waals surface area contributed by atoms with Crippen molar-refractivity contribution in [2.24, 2.45) is 0 Å². The van der Waals surface area contributed by atoms with Crippen molar-refractivity contribution in [2.75, 3.05) is 0 Å². The molecule has 0 saturated heterocycles. The van der Waals surface area contributed by atoms with Crippen LogP contribution in [0.2, 0.25) is 0 Å². The number of thiophene rings is 1. The Kier molecular flexibility index (Phi) is 1.80. The SMILES string of the molecule is Cc1ccc2sc3c(F)cccc3c2c1. The van der Waals surface area contributed by atoms with Gasteiger partial charge in [-0.2, -0.15) is 0 Å². The quantitative estimate of drug-likeness (QED) is 0.519. The maximum atomic E-state index is 13.5. The van der Waals surface area contributed by atoms with Crippen LogP contribution in [-0.4, -0.2) is 0 Å². The van der Waals surface area contributed by atoms with Gasteiger partial charge in [0.1, 0.15) is 5.82 Å². The lowest BCUT2D eigenvalue weighted by atomic mass is 10.1. The zero-order valence-corrected chi connectivity index (χ0v) is 9.07. The van der Waals surface area contributed by atoms with Gasteiger partial charge in [0, 0.05) is 15.5 Å². The molecule has 0 aliphatic heterocycles. The molecule has 2 aromatic carbocycles. The summed E-state index contributed by atoms with van der Waals surface area (Å²) in [6.07, 6.45) is 0. The van der Waals surface area contributed by atoms with E-state index in [0.717, 1.165) is 20.2 Å². The standard InChI is InChI=1S/C13H9FS/c1-8-5-6-12-10(7-8)9-3-2-4-11(14)13(9)15-12/h2-7H,1H3. The summed E-state index contributed by atoms with van der Waals surface area (Å²) in [7, 11) is 0. The van der Waals surface area contributed by atoms with E-state index < -0.39 is 0 Å². The Bertz CT molecular complexity index is 652. The highest BCUT2D eigenvalue weighted by Gasteiger charge is 2.07. The van der Waals surface area contributed by atoms with Crippen molar-refractivity contribution >= 4 is 31.5 Å². The van der Waals surface area contributed by atoms with Crippen molar-refractivity contribution in [3.05, 3.63) is 47.8 Å². The number of halogens is 1. The number of aryl methyl sites for hydroxylation is 1. The molecule has 3 aromatic rings. The van der Waals surface area contributed by atoms with Gasteiger partial charge in [0.25, 0.3) is 0 Å². The fourth-order valence-electron chi connectivity index (χ4n) is 1.88. The zero-order chi connectivity index (χ0) is 10.4. The second-order valence-corrected chi connectivity index (χ2v) is 4.77. The second kappa shape index (κ2) is 3.04. The molecule has 0 radical (unpaired) electrons. The first-order valence-electron chi connectivity index (χ1n) is 4.83. The third kappa shape index (κ3) is 1.25. The Morgan fingerprint density at radius 3 is 2.80 bits per heavy atom. The molecule has 74 valence electrons. The van der Waals surface area contributed by atoms with Crippen LogP contribution in [0.5, 0.6) is 0 Å². The Morgan fingerprint density at radius 2 is 1.93 bits per heavy atom. The zero-order valence-electron chi connectivity index (χ0n) is 8.25. The molecule has 0 fully saturated rings. The number of benzene rings is 2. The van der Waals surface area contributed by atoms with Crippen LogP contribution < -0.4 is 0 Å². The molecule has 0 bridgehead atoms. The normalized spacial score (nSPS) is 11.3. The molecule has 0 aliphatic carbocycles. The van der Waals surface area contributed by atoms with Gasteiger partial charge in [0.15, 0.2) is 0 Å². The Hall–Kier alpha value is -1.41. The van der Waals surface area contributed by atoms with Crippen molar-refractivity contribution in [3.63, 3.8) is 0 Å². The minimum absolute atomic E-state index is 0.119. The number of fused-ring (bicyclic) bond motifs is 3. The molecule has 0 spiro atoms. The molecule has 2 heteroatoms. The molecule has 0 nitrogen and oxygen atoms in total. The average molecular weight is 216 g/mol. The summed E-state index contributed by atoms with van der Waals surface area (Å²) in [4.78, 5) is 0. The van der Waals surface area contributed by atoms with Gasteiger partial charge in [-0.25, -0.2) is 4.39 Å². The fourth-order valence-corrected chi connectivity index (χ4v) is 2.97. The summed E-state index contributed by atoms with van der Waals surface area (Å²) in [5, 5.41) is 2.19. The average Bonchev–Trinajstić information content (AvgIpc) is 2.58. The highest BCUT2D eigenvalue weighted by molar-refractivity contribution is 7.25. The Balaban J connectivity index is 2.58. The molecule has 0 atom stereocenters. The first-order valence-corrected chi connectivity index (χ1v) is 5.65. The molecular weight excluding hydrogens is 207 g/mol. The van der Waals surface area contributed by atoms with Gasteiger partial charge in [0.05, 0.1) is 4.70 Å². The minimum atomic E-state index is -0.119. The van der Waals surface area contributed by atoms with Crippen LogP contribution in [-0.2, 0) is 0 Å². The minimum Gasteiger partial charge on any atom is -0.205 e. The van der Waals surface area contributed by atoms with E-state index >= 15 is 0 Å². The molecular formula is C13H9FS. The van der Waals surface area contributed by atoms with Gasteiger partial charge >= 0.3 is 0 Å². The molecule has 15 heavy (non-hydrogen) atoms. The summed E-state index contributed by atoms with van der Waals surface area (Å²) < 4.78 is 15.5. The van der Waals surface area contributed by atoms with Gasteiger partial charge in [-0.3, -0.25) is 0 Å². The van der Waals surface area contributed by atoms with E-state index in [4.69, 9.17) is 0 Å². The number of hydrogen-bond donors (Lipinski definition) is 0. The maximum absolute atomic E-state index is 13.5. The van der Waals surface area contributed by atoms with Crippen molar-refractivity contribution in [2.45, 2.75) is 6.92 Å². The first-order chi connectivity index (χ1) is 7.25. The van der Waals surface area contributed by atoms with E-state index in [-0.39, 0.29) is 5.82 Å². The monoisotopic (exact) mass is 216 g/mol. The van der Waals surface area contributed by atoms with E-state index in [1.54, 1.807) is 6.07 Å². The van der Waals surface area contributed by atoms with Crippen molar-refractivity contribution < 1.29 is 4.39 Å². The molecule has 0 saturated carbocycles.